The molecule has 1 fully saturated rings. The number of nitrogens with one attached hydrogen (secondary N) is 1. The number of fused-ring (bicyclic) bond motifs is 1. The number of pyridine rings is 1. The smallest absolute Gasteiger partial charge is 0.283 e. The summed E-state index contributed by atoms with van der Waals surface area (Å²) in [4.78, 5) is 4.65. The first kappa shape index (κ1) is 25.1. The Bertz CT molecular complexity index is 1040. The van der Waals surface area contributed by atoms with Crippen LogP contribution in [0, 0.1) is 5.92 Å². The summed E-state index contributed by atoms with van der Waals surface area (Å²) in [5.74, 6) is 0.528. The molecule has 0 aliphatic carbocycles. The predicted molar refractivity (Wildman–Crippen MR) is 130 cm³/mol. The first-order valence-electron chi connectivity index (χ1n) is 12.1. The van der Waals surface area contributed by atoms with E-state index in [4.69, 9.17) is 13.8 Å². The maximum atomic E-state index is 12.8. The highest BCUT2D eigenvalue weighted by molar-refractivity contribution is 7.86. The fourth-order valence-electron chi connectivity index (χ4n) is 4.91. The quantitative estimate of drug-likeness (QED) is 0.510. The molecule has 4 rings (SSSR count). The van der Waals surface area contributed by atoms with Crippen molar-refractivity contribution in [3.8, 4) is 5.75 Å². The molecular weight excluding hydrogens is 454 g/mol. The van der Waals surface area contributed by atoms with E-state index in [1.165, 1.54) is 10.6 Å². The lowest BCUT2D eigenvalue weighted by atomic mass is 9.86. The van der Waals surface area contributed by atoms with Gasteiger partial charge in [-0.05, 0) is 68.5 Å². The minimum Gasteiger partial charge on any atom is -0.492 e. The predicted octanol–water partition coefficient (Wildman–Crippen LogP) is 3.07. The molecular formula is C25H35N3O5S. The number of nitrogens with zero attached hydrogens (tertiary/aromatic N) is 2. The SMILES string of the molecule is CCOc1cccnc1C(CN(C)OS(=O)(=O)CC1CCNCC1)C1OCCc2ccccc21. The van der Waals surface area contributed by atoms with Crippen LogP contribution in [0.4, 0.5) is 0 Å². The number of hydrogen-bond acceptors (Lipinski definition) is 8. The highest BCUT2D eigenvalue weighted by Gasteiger charge is 2.35. The number of likely N-dealkylation sites (N-methyl/N-ethyl adjacent to an activating group) is 1. The van der Waals surface area contributed by atoms with E-state index in [1.807, 2.05) is 31.2 Å². The summed E-state index contributed by atoms with van der Waals surface area (Å²) in [6, 6.07) is 12.0. The monoisotopic (exact) mass is 489 g/mol. The molecule has 9 heteroatoms. The Morgan fingerprint density at radius 2 is 2.00 bits per heavy atom. The molecule has 2 aromatic rings. The molecule has 2 unspecified atom stereocenters. The van der Waals surface area contributed by atoms with Gasteiger partial charge >= 0.3 is 0 Å². The third-order valence-corrected chi connectivity index (χ3v) is 7.80. The second-order valence-corrected chi connectivity index (χ2v) is 10.6. The average molecular weight is 490 g/mol. The highest BCUT2D eigenvalue weighted by Crippen LogP contribution is 2.41. The van der Waals surface area contributed by atoms with Gasteiger partial charge in [0, 0.05) is 19.8 Å². The van der Waals surface area contributed by atoms with Gasteiger partial charge in [0.15, 0.2) is 0 Å². The Kier molecular flexibility index (Phi) is 8.55. The maximum Gasteiger partial charge on any atom is 0.283 e. The molecule has 2 aliphatic rings. The van der Waals surface area contributed by atoms with Crippen molar-refractivity contribution >= 4 is 10.1 Å². The standard InChI is InChI=1S/C25H35N3O5S/c1-3-31-23-9-6-13-27-24(23)22(25-21-8-5-4-7-20(21)12-16-32-25)17-28(2)33-34(29,30)18-19-10-14-26-15-11-19/h4-9,13,19,22,25-26H,3,10-12,14-18H2,1-2H3. The Morgan fingerprint density at radius 1 is 1.21 bits per heavy atom. The van der Waals surface area contributed by atoms with Crippen molar-refractivity contribution in [2.45, 2.75) is 38.2 Å². The molecule has 0 bridgehead atoms. The highest BCUT2D eigenvalue weighted by atomic mass is 32.2. The van der Waals surface area contributed by atoms with Crippen LogP contribution >= 0.6 is 0 Å². The molecule has 0 amide bonds. The molecule has 1 saturated heterocycles. The third-order valence-electron chi connectivity index (χ3n) is 6.44. The molecule has 2 aliphatic heterocycles. The third kappa shape index (κ3) is 6.34. The van der Waals surface area contributed by atoms with Gasteiger partial charge in [-0.2, -0.15) is 17.8 Å². The second-order valence-electron chi connectivity index (χ2n) is 8.97. The van der Waals surface area contributed by atoms with Gasteiger partial charge in [0.25, 0.3) is 10.1 Å². The lowest BCUT2D eigenvalue weighted by Gasteiger charge is -2.34. The molecule has 1 aromatic heterocycles. The van der Waals surface area contributed by atoms with Gasteiger partial charge < -0.3 is 14.8 Å². The fraction of sp³-hybridized carbons (Fsp3) is 0.560. The van der Waals surface area contributed by atoms with Crippen LogP contribution in [0.5, 0.6) is 5.75 Å². The van der Waals surface area contributed by atoms with Crippen molar-refractivity contribution in [1.29, 1.82) is 0 Å². The molecule has 0 saturated carbocycles. The summed E-state index contributed by atoms with van der Waals surface area (Å²) in [6.45, 7) is 4.99. The van der Waals surface area contributed by atoms with E-state index in [9.17, 15) is 8.42 Å². The Labute approximate surface area is 202 Å². The number of rotatable bonds is 10. The van der Waals surface area contributed by atoms with Crippen LogP contribution in [-0.2, 0) is 25.6 Å². The zero-order valence-corrected chi connectivity index (χ0v) is 20.8. The molecule has 1 N–H and O–H groups in total. The van der Waals surface area contributed by atoms with E-state index in [0.29, 0.717) is 19.0 Å². The van der Waals surface area contributed by atoms with Gasteiger partial charge in [-0.25, -0.2) is 0 Å². The van der Waals surface area contributed by atoms with Crippen LogP contribution in [0.15, 0.2) is 42.6 Å². The molecule has 34 heavy (non-hydrogen) atoms. The minimum absolute atomic E-state index is 0.0280. The normalized spacial score (nSPS) is 20.1. The van der Waals surface area contributed by atoms with Crippen molar-refractivity contribution in [3.05, 3.63) is 59.4 Å². The molecule has 8 nitrogen and oxygen atoms in total. The first-order valence-corrected chi connectivity index (χ1v) is 13.7. The van der Waals surface area contributed by atoms with E-state index in [2.05, 4.69) is 22.4 Å². The summed E-state index contributed by atoms with van der Waals surface area (Å²) in [5.41, 5.74) is 3.06. The van der Waals surface area contributed by atoms with Crippen molar-refractivity contribution in [2.24, 2.45) is 5.92 Å². The number of hydrogen-bond donors (Lipinski definition) is 1. The van der Waals surface area contributed by atoms with E-state index in [-0.39, 0.29) is 30.2 Å². The minimum atomic E-state index is -3.71. The molecule has 0 spiro atoms. The van der Waals surface area contributed by atoms with Gasteiger partial charge in [0.1, 0.15) is 5.75 Å². The fourth-order valence-corrected chi connectivity index (χ4v) is 6.33. The van der Waals surface area contributed by atoms with Crippen molar-refractivity contribution in [2.75, 3.05) is 45.6 Å². The maximum absolute atomic E-state index is 12.8. The van der Waals surface area contributed by atoms with Gasteiger partial charge in [-0.3, -0.25) is 4.98 Å². The molecule has 3 heterocycles. The Balaban J connectivity index is 1.58. The first-order chi connectivity index (χ1) is 16.5. The summed E-state index contributed by atoms with van der Waals surface area (Å²) in [7, 11) is -2.06. The Hall–Kier alpha value is -2.04. The van der Waals surface area contributed by atoms with Crippen molar-refractivity contribution in [1.82, 2.24) is 15.4 Å². The number of hydroxylamine groups is 2. The molecule has 0 radical (unpaired) electrons. The van der Waals surface area contributed by atoms with Crippen molar-refractivity contribution < 1.29 is 22.2 Å². The van der Waals surface area contributed by atoms with Crippen LogP contribution in [-0.4, -0.2) is 64.1 Å². The van der Waals surface area contributed by atoms with Crippen LogP contribution in [0.25, 0.3) is 0 Å². The number of aromatic nitrogens is 1. The number of benzene rings is 1. The largest absolute Gasteiger partial charge is 0.492 e. The number of piperidine rings is 1. The lowest BCUT2D eigenvalue weighted by Crippen LogP contribution is -2.36. The van der Waals surface area contributed by atoms with Gasteiger partial charge in [0.05, 0.1) is 36.7 Å². The lowest BCUT2D eigenvalue weighted by molar-refractivity contribution is -0.0569. The zero-order valence-electron chi connectivity index (χ0n) is 20.0. The van der Waals surface area contributed by atoms with Gasteiger partial charge in [0.2, 0.25) is 0 Å². The van der Waals surface area contributed by atoms with Crippen molar-refractivity contribution in [3.63, 3.8) is 0 Å². The molecule has 186 valence electrons. The topological polar surface area (TPSA) is 90.0 Å². The van der Waals surface area contributed by atoms with Crippen LogP contribution in [0.2, 0.25) is 0 Å². The van der Waals surface area contributed by atoms with Gasteiger partial charge in [-0.15, -0.1) is 0 Å². The van der Waals surface area contributed by atoms with E-state index in [1.54, 1.807) is 13.2 Å². The van der Waals surface area contributed by atoms with Crippen LogP contribution in [0.1, 0.15) is 48.6 Å². The van der Waals surface area contributed by atoms with E-state index < -0.39 is 10.1 Å². The zero-order chi connectivity index (χ0) is 24.0. The van der Waals surface area contributed by atoms with Crippen LogP contribution in [0.3, 0.4) is 0 Å². The van der Waals surface area contributed by atoms with Gasteiger partial charge in [-0.1, -0.05) is 24.3 Å². The summed E-state index contributed by atoms with van der Waals surface area (Å²) >= 11 is 0. The average Bonchev–Trinajstić information content (AvgIpc) is 2.83. The second kappa shape index (κ2) is 11.6. The summed E-state index contributed by atoms with van der Waals surface area (Å²) in [6.07, 6.45) is 3.96. The van der Waals surface area contributed by atoms with Crippen LogP contribution < -0.4 is 10.1 Å². The molecule has 2 atom stereocenters. The Morgan fingerprint density at radius 3 is 2.79 bits per heavy atom. The number of ether oxygens (including phenoxy) is 2. The van der Waals surface area contributed by atoms with E-state index in [0.717, 1.165) is 43.6 Å². The summed E-state index contributed by atoms with van der Waals surface area (Å²) < 4.78 is 43.3. The summed E-state index contributed by atoms with van der Waals surface area (Å²) in [5, 5.41) is 4.68. The van der Waals surface area contributed by atoms with E-state index >= 15 is 0 Å². The molecule has 1 aromatic carbocycles.